The molecular formula is C19H23N5O4. The van der Waals surface area contributed by atoms with E-state index in [1.165, 1.54) is 0 Å². The maximum absolute atomic E-state index is 12.3. The lowest BCUT2D eigenvalue weighted by Gasteiger charge is -2.38. The molecule has 1 aromatic carbocycles. The average molecular weight is 385 g/mol. The van der Waals surface area contributed by atoms with Gasteiger partial charge < -0.3 is 19.3 Å². The normalized spacial score (nSPS) is 17.0. The second kappa shape index (κ2) is 7.87. The highest BCUT2D eigenvalue weighted by Gasteiger charge is 2.33. The van der Waals surface area contributed by atoms with Gasteiger partial charge in [0.25, 0.3) is 5.91 Å². The van der Waals surface area contributed by atoms with Crippen LogP contribution < -0.4 is 9.47 Å². The van der Waals surface area contributed by atoms with Gasteiger partial charge in [-0.15, -0.1) is 5.10 Å². The van der Waals surface area contributed by atoms with Crippen molar-refractivity contribution in [2.24, 2.45) is 0 Å². The van der Waals surface area contributed by atoms with E-state index in [4.69, 9.17) is 9.47 Å². The number of hydrogen-bond donors (Lipinski definition) is 0. The molecule has 0 unspecified atom stereocenters. The van der Waals surface area contributed by atoms with Crippen LogP contribution in [0.1, 0.15) is 24.6 Å². The molecule has 0 bridgehead atoms. The van der Waals surface area contributed by atoms with Crippen LogP contribution in [0, 0.1) is 0 Å². The number of likely N-dealkylation sites (tertiary alicyclic amines) is 2. The largest absolute Gasteiger partial charge is 0.493 e. The molecule has 0 aliphatic carbocycles. The van der Waals surface area contributed by atoms with Crippen LogP contribution in [-0.4, -0.2) is 70.0 Å². The molecule has 1 aromatic heterocycles. The molecule has 0 spiro atoms. The van der Waals surface area contributed by atoms with Gasteiger partial charge in [-0.05, 0) is 18.6 Å². The first-order valence-electron chi connectivity index (χ1n) is 9.36. The maximum Gasteiger partial charge on any atom is 0.260 e. The first-order valence-corrected chi connectivity index (χ1v) is 9.36. The number of hydrogen-bond acceptors (Lipinski definition) is 6. The molecule has 2 saturated heterocycles. The topological polar surface area (TPSA) is 89.8 Å². The molecule has 9 nitrogen and oxygen atoms in total. The fraction of sp³-hybridized carbons (Fsp3) is 0.474. The number of methoxy groups -OCH3 is 1. The van der Waals surface area contributed by atoms with Crippen molar-refractivity contribution in [2.45, 2.75) is 25.4 Å². The fourth-order valence-electron chi connectivity index (χ4n) is 3.43. The summed E-state index contributed by atoms with van der Waals surface area (Å²) in [5.41, 5.74) is 0.777. The highest BCUT2D eigenvalue weighted by atomic mass is 16.5. The summed E-state index contributed by atoms with van der Waals surface area (Å²) < 4.78 is 12.6. The third-order valence-electron chi connectivity index (χ3n) is 5.09. The third-order valence-corrected chi connectivity index (χ3v) is 5.09. The van der Waals surface area contributed by atoms with Gasteiger partial charge >= 0.3 is 0 Å². The Morgan fingerprint density at radius 3 is 2.75 bits per heavy atom. The molecule has 2 amide bonds. The molecule has 2 aliphatic heterocycles. The zero-order chi connectivity index (χ0) is 19.5. The molecule has 0 radical (unpaired) electrons. The zero-order valence-electron chi connectivity index (χ0n) is 15.8. The van der Waals surface area contributed by atoms with E-state index in [-0.39, 0.29) is 24.5 Å². The summed E-state index contributed by atoms with van der Waals surface area (Å²) in [6, 6.07) is 7.34. The van der Waals surface area contributed by atoms with E-state index >= 15 is 0 Å². The van der Waals surface area contributed by atoms with Gasteiger partial charge in [0.2, 0.25) is 5.91 Å². The van der Waals surface area contributed by atoms with Gasteiger partial charge in [-0.25, -0.2) is 4.68 Å². The van der Waals surface area contributed by atoms with Gasteiger partial charge in [0.15, 0.2) is 18.1 Å². The van der Waals surface area contributed by atoms with Crippen molar-refractivity contribution in [3.05, 3.63) is 36.2 Å². The van der Waals surface area contributed by atoms with E-state index in [2.05, 4.69) is 10.3 Å². The molecule has 0 atom stereocenters. The number of carbonyl (C=O) groups excluding carboxylic acids is 2. The van der Waals surface area contributed by atoms with Crippen molar-refractivity contribution >= 4 is 11.8 Å². The van der Waals surface area contributed by atoms with Crippen molar-refractivity contribution in [2.75, 3.05) is 33.4 Å². The molecule has 148 valence electrons. The highest BCUT2D eigenvalue weighted by Crippen LogP contribution is 2.26. The van der Waals surface area contributed by atoms with E-state index in [1.807, 2.05) is 18.3 Å². The summed E-state index contributed by atoms with van der Waals surface area (Å²) in [5.74, 6) is 1.24. The molecule has 9 heteroatoms. The first kappa shape index (κ1) is 18.3. The Balaban J connectivity index is 1.25. The molecule has 0 saturated carbocycles. The van der Waals surface area contributed by atoms with E-state index in [9.17, 15) is 9.59 Å². The van der Waals surface area contributed by atoms with Crippen LogP contribution >= 0.6 is 0 Å². The van der Waals surface area contributed by atoms with Crippen molar-refractivity contribution in [3.63, 3.8) is 0 Å². The lowest BCUT2D eigenvalue weighted by molar-refractivity contribution is -0.139. The highest BCUT2D eigenvalue weighted by molar-refractivity contribution is 5.79. The molecule has 2 fully saturated rings. The van der Waals surface area contributed by atoms with E-state index in [0.717, 1.165) is 18.7 Å². The van der Waals surface area contributed by atoms with Crippen LogP contribution in [0.15, 0.2) is 30.5 Å². The Hall–Kier alpha value is -3.10. The lowest BCUT2D eigenvalue weighted by atomic mass is 10.1. The zero-order valence-corrected chi connectivity index (χ0v) is 15.8. The van der Waals surface area contributed by atoms with Gasteiger partial charge in [0, 0.05) is 26.1 Å². The van der Waals surface area contributed by atoms with Gasteiger partial charge in [-0.3, -0.25) is 9.59 Å². The fourth-order valence-corrected chi connectivity index (χ4v) is 3.43. The number of nitrogens with zero attached hydrogens (tertiary/aromatic N) is 5. The standard InChI is InChI=1S/C19H23N5O4/c1-27-16-5-2-3-6-17(16)28-13-19(26)23-11-15(12-23)24-10-14(20-21-24)9-22-8-4-7-18(22)25/h2-3,5-6,10,15H,4,7-9,11-13H2,1H3. The minimum Gasteiger partial charge on any atom is -0.493 e. The lowest BCUT2D eigenvalue weighted by Crippen LogP contribution is -2.52. The molecular weight excluding hydrogens is 362 g/mol. The summed E-state index contributed by atoms with van der Waals surface area (Å²) in [4.78, 5) is 27.6. The SMILES string of the molecule is COc1ccccc1OCC(=O)N1CC(n2cc(CN3CCCC3=O)nn2)C1. The maximum atomic E-state index is 12.3. The van der Waals surface area contributed by atoms with E-state index in [1.54, 1.807) is 33.7 Å². The average Bonchev–Trinajstić information content (AvgIpc) is 3.29. The second-order valence-electron chi connectivity index (χ2n) is 7.00. The Labute approximate surface area is 162 Å². The van der Waals surface area contributed by atoms with Gasteiger partial charge in [-0.1, -0.05) is 17.3 Å². The quantitative estimate of drug-likeness (QED) is 0.703. The summed E-state index contributed by atoms with van der Waals surface area (Å²) in [6.07, 6.45) is 3.39. The molecule has 3 heterocycles. The summed E-state index contributed by atoms with van der Waals surface area (Å²) in [5, 5.41) is 8.32. The molecule has 0 N–H and O–H groups in total. The minimum atomic E-state index is -0.0786. The number of amides is 2. The Morgan fingerprint density at radius 2 is 2.04 bits per heavy atom. The van der Waals surface area contributed by atoms with Crippen LogP contribution in [0.5, 0.6) is 11.5 Å². The van der Waals surface area contributed by atoms with Crippen LogP contribution in [0.3, 0.4) is 0 Å². The van der Waals surface area contributed by atoms with Crippen LogP contribution in [0.4, 0.5) is 0 Å². The number of aromatic nitrogens is 3. The summed E-state index contributed by atoms with van der Waals surface area (Å²) in [6.45, 7) is 2.39. The molecule has 28 heavy (non-hydrogen) atoms. The summed E-state index contributed by atoms with van der Waals surface area (Å²) in [7, 11) is 1.57. The van der Waals surface area contributed by atoms with Crippen LogP contribution in [-0.2, 0) is 16.1 Å². The second-order valence-corrected chi connectivity index (χ2v) is 7.00. The van der Waals surface area contributed by atoms with Crippen molar-refractivity contribution in [3.8, 4) is 11.5 Å². The predicted molar refractivity (Wildman–Crippen MR) is 98.8 cm³/mol. The Bertz CT molecular complexity index is 862. The predicted octanol–water partition coefficient (Wildman–Crippen LogP) is 0.871. The number of ether oxygens (including phenoxy) is 2. The van der Waals surface area contributed by atoms with Gasteiger partial charge in [0.05, 0.1) is 25.9 Å². The summed E-state index contributed by atoms with van der Waals surface area (Å²) >= 11 is 0. The molecule has 4 rings (SSSR count). The third kappa shape index (κ3) is 3.78. The number of rotatable bonds is 7. The van der Waals surface area contributed by atoms with Gasteiger partial charge in [0.1, 0.15) is 5.69 Å². The van der Waals surface area contributed by atoms with Crippen LogP contribution in [0.25, 0.3) is 0 Å². The van der Waals surface area contributed by atoms with Gasteiger partial charge in [-0.2, -0.15) is 0 Å². The van der Waals surface area contributed by atoms with Crippen molar-refractivity contribution in [1.29, 1.82) is 0 Å². The number of carbonyl (C=O) groups is 2. The monoisotopic (exact) mass is 385 g/mol. The number of para-hydroxylation sites is 2. The molecule has 2 aliphatic rings. The Morgan fingerprint density at radius 1 is 1.25 bits per heavy atom. The molecule has 2 aromatic rings. The van der Waals surface area contributed by atoms with E-state index in [0.29, 0.717) is 37.6 Å². The number of benzene rings is 1. The van der Waals surface area contributed by atoms with Crippen molar-refractivity contribution < 1.29 is 19.1 Å². The minimum absolute atomic E-state index is 0.0349. The first-order chi connectivity index (χ1) is 13.6. The van der Waals surface area contributed by atoms with Crippen LogP contribution in [0.2, 0.25) is 0 Å². The van der Waals surface area contributed by atoms with E-state index < -0.39 is 0 Å². The smallest absolute Gasteiger partial charge is 0.260 e. The van der Waals surface area contributed by atoms with Crippen molar-refractivity contribution in [1.82, 2.24) is 24.8 Å². The Kier molecular flexibility index (Phi) is 5.14.